The fourth-order valence-electron chi connectivity index (χ4n) is 1.94. The molecule has 1 aromatic heterocycles. The Hall–Kier alpha value is -1.40. The lowest BCUT2D eigenvalue weighted by atomic mass is 10.0. The predicted octanol–water partition coefficient (Wildman–Crippen LogP) is 2.51. The average Bonchev–Trinajstić information content (AvgIpc) is 2.86. The van der Waals surface area contributed by atoms with Crippen molar-refractivity contribution in [2.24, 2.45) is 5.73 Å². The molecule has 2 N–H and O–H groups in total. The Morgan fingerprint density at radius 3 is 2.89 bits per heavy atom. The monoisotopic (exact) mass is 324 g/mol. The third-order valence-electron chi connectivity index (χ3n) is 2.94. The highest BCUT2D eigenvalue weighted by molar-refractivity contribution is 9.10. The van der Waals surface area contributed by atoms with Crippen molar-refractivity contribution in [1.82, 2.24) is 15.0 Å². The van der Waals surface area contributed by atoms with E-state index in [0.29, 0.717) is 0 Å². The van der Waals surface area contributed by atoms with Gasteiger partial charge in [0.1, 0.15) is 5.75 Å². The zero-order valence-electron chi connectivity index (χ0n) is 11.0. The number of nitrogens with two attached hydrogens (primary N) is 1. The molecule has 1 heterocycles. The van der Waals surface area contributed by atoms with Crippen molar-refractivity contribution in [3.63, 3.8) is 0 Å². The quantitative estimate of drug-likeness (QED) is 0.917. The normalized spacial score (nSPS) is 12.4. The third-order valence-corrected chi connectivity index (χ3v) is 3.56. The number of benzene rings is 1. The molecular weight excluding hydrogens is 308 g/mol. The van der Waals surface area contributed by atoms with Crippen molar-refractivity contribution in [2.45, 2.75) is 25.9 Å². The van der Waals surface area contributed by atoms with Crippen LogP contribution in [0.2, 0.25) is 0 Å². The summed E-state index contributed by atoms with van der Waals surface area (Å²) < 4.78 is 7.95. The molecule has 1 unspecified atom stereocenters. The fraction of sp³-hybridized carbons (Fsp3) is 0.385. The van der Waals surface area contributed by atoms with Crippen LogP contribution in [-0.4, -0.2) is 22.1 Å². The van der Waals surface area contributed by atoms with Gasteiger partial charge in [0.2, 0.25) is 0 Å². The zero-order chi connectivity index (χ0) is 13.8. The number of ether oxygens (including phenoxy) is 1. The van der Waals surface area contributed by atoms with Gasteiger partial charge in [-0.15, -0.1) is 5.10 Å². The summed E-state index contributed by atoms with van der Waals surface area (Å²) in [5.74, 6) is 0.788. The van der Waals surface area contributed by atoms with E-state index in [1.807, 2.05) is 22.9 Å². The zero-order valence-corrected chi connectivity index (χ0v) is 12.6. The molecule has 6 heteroatoms. The summed E-state index contributed by atoms with van der Waals surface area (Å²) in [6.07, 6.45) is 2.72. The second-order valence-electron chi connectivity index (χ2n) is 4.25. The van der Waals surface area contributed by atoms with Crippen LogP contribution in [0.15, 0.2) is 28.9 Å². The lowest BCUT2D eigenvalue weighted by Gasteiger charge is -2.14. The van der Waals surface area contributed by atoms with Gasteiger partial charge in [-0.2, -0.15) is 0 Å². The summed E-state index contributed by atoms with van der Waals surface area (Å²) in [5.41, 5.74) is 8.20. The number of rotatable bonds is 5. The second-order valence-corrected chi connectivity index (χ2v) is 5.11. The Morgan fingerprint density at radius 1 is 1.47 bits per heavy atom. The number of halogens is 1. The van der Waals surface area contributed by atoms with Gasteiger partial charge >= 0.3 is 0 Å². The molecule has 0 aliphatic heterocycles. The summed E-state index contributed by atoms with van der Waals surface area (Å²) in [6, 6.07) is 5.57. The van der Waals surface area contributed by atoms with Crippen LogP contribution in [-0.2, 0) is 6.54 Å². The summed E-state index contributed by atoms with van der Waals surface area (Å²) in [5, 5.41) is 8.00. The van der Waals surface area contributed by atoms with E-state index in [0.717, 1.165) is 34.4 Å². The summed E-state index contributed by atoms with van der Waals surface area (Å²) >= 11 is 3.47. The van der Waals surface area contributed by atoms with Crippen LogP contribution in [0.4, 0.5) is 0 Å². The molecule has 0 spiro atoms. The van der Waals surface area contributed by atoms with Gasteiger partial charge in [0.25, 0.3) is 0 Å². The second kappa shape index (κ2) is 6.16. The van der Waals surface area contributed by atoms with E-state index in [4.69, 9.17) is 10.5 Å². The standard InChI is InChI=1S/C13H17BrN4O/c1-3-6-18-11(8-16-17-18)13(15)9-4-5-12(19-2)10(14)7-9/h4-5,7-8,13H,3,6,15H2,1-2H3. The Balaban J connectivity index is 2.30. The van der Waals surface area contributed by atoms with Crippen molar-refractivity contribution >= 4 is 15.9 Å². The maximum absolute atomic E-state index is 6.29. The van der Waals surface area contributed by atoms with Gasteiger partial charge in [0.05, 0.1) is 29.5 Å². The highest BCUT2D eigenvalue weighted by atomic mass is 79.9. The van der Waals surface area contributed by atoms with Gasteiger partial charge < -0.3 is 10.5 Å². The van der Waals surface area contributed by atoms with Crippen LogP contribution in [0.3, 0.4) is 0 Å². The number of hydrogen-bond donors (Lipinski definition) is 1. The molecule has 0 saturated carbocycles. The van der Waals surface area contributed by atoms with Gasteiger partial charge in [-0.3, -0.25) is 0 Å². The Labute approximate surface area is 120 Å². The SMILES string of the molecule is CCCn1nncc1C(N)c1ccc(OC)c(Br)c1. The van der Waals surface area contributed by atoms with Gasteiger partial charge in [0, 0.05) is 6.54 Å². The van der Waals surface area contributed by atoms with E-state index in [1.54, 1.807) is 13.3 Å². The summed E-state index contributed by atoms with van der Waals surface area (Å²) in [4.78, 5) is 0. The van der Waals surface area contributed by atoms with Crippen molar-refractivity contribution < 1.29 is 4.74 Å². The van der Waals surface area contributed by atoms with E-state index in [9.17, 15) is 0 Å². The molecule has 2 aromatic rings. The number of aryl methyl sites for hydroxylation is 1. The first-order chi connectivity index (χ1) is 9.17. The molecule has 0 bridgehead atoms. The van der Waals surface area contributed by atoms with Gasteiger partial charge in [-0.05, 0) is 40.0 Å². The molecule has 1 atom stereocenters. The largest absolute Gasteiger partial charge is 0.496 e. The molecule has 1 aromatic carbocycles. The molecule has 0 amide bonds. The van der Waals surface area contributed by atoms with Crippen LogP contribution in [0, 0.1) is 0 Å². The maximum Gasteiger partial charge on any atom is 0.133 e. The van der Waals surface area contributed by atoms with E-state index in [1.165, 1.54) is 0 Å². The smallest absolute Gasteiger partial charge is 0.133 e. The van der Waals surface area contributed by atoms with E-state index in [-0.39, 0.29) is 6.04 Å². The van der Waals surface area contributed by atoms with E-state index >= 15 is 0 Å². The topological polar surface area (TPSA) is 66.0 Å². The molecule has 0 aliphatic carbocycles. The van der Waals surface area contributed by atoms with Crippen LogP contribution in [0.5, 0.6) is 5.75 Å². The number of methoxy groups -OCH3 is 1. The van der Waals surface area contributed by atoms with Crippen molar-refractivity contribution in [2.75, 3.05) is 7.11 Å². The first-order valence-electron chi connectivity index (χ1n) is 6.14. The van der Waals surface area contributed by atoms with E-state index in [2.05, 4.69) is 33.2 Å². The minimum atomic E-state index is -0.247. The molecule has 102 valence electrons. The van der Waals surface area contributed by atoms with Gasteiger partial charge in [-0.25, -0.2) is 4.68 Å². The van der Waals surface area contributed by atoms with Crippen molar-refractivity contribution in [3.05, 3.63) is 40.1 Å². The Kier molecular flexibility index (Phi) is 4.55. The first-order valence-corrected chi connectivity index (χ1v) is 6.94. The molecule has 0 saturated heterocycles. The van der Waals surface area contributed by atoms with E-state index < -0.39 is 0 Å². The van der Waals surface area contributed by atoms with Crippen LogP contribution >= 0.6 is 15.9 Å². The highest BCUT2D eigenvalue weighted by Gasteiger charge is 2.16. The van der Waals surface area contributed by atoms with Crippen molar-refractivity contribution in [1.29, 1.82) is 0 Å². The predicted molar refractivity (Wildman–Crippen MR) is 77.0 cm³/mol. The number of aromatic nitrogens is 3. The first kappa shape index (κ1) is 14.0. The average molecular weight is 325 g/mol. The Morgan fingerprint density at radius 2 is 2.26 bits per heavy atom. The molecule has 19 heavy (non-hydrogen) atoms. The minimum Gasteiger partial charge on any atom is -0.496 e. The summed E-state index contributed by atoms with van der Waals surface area (Å²) in [7, 11) is 1.64. The number of nitrogens with zero attached hydrogens (tertiary/aromatic N) is 3. The molecule has 0 fully saturated rings. The molecule has 0 aliphatic rings. The lowest BCUT2D eigenvalue weighted by molar-refractivity contribution is 0.412. The molecule has 0 radical (unpaired) electrons. The summed E-state index contributed by atoms with van der Waals surface area (Å²) in [6.45, 7) is 2.92. The molecule has 5 nitrogen and oxygen atoms in total. The third kappa shape index (κ3) is 2.96. The van der Waals surface area contributed by atoms with Crippen LogP contribution in [0.1, 0.15) is 30.6 Å². The van der Waals surface area contributed by atoms with Crippen LogP contribution in [0.25, 0.3) is 0 Å². The van der Waals surface area contributed by atoms with Crippen molar-refractivity contribution in [3.8, 4) is 5.75 Å². The van der Waals surface area contributed by atoms with Crippen LogP contribution < -0.4 is 10.5 Å². The minimum absolute atomic E-state index is 0.247. The molecule has 2 rings (SSSR count). The number of hydrogen-bond acceptors (Lipinski definition) is 4. The maximum atomic E-state index is 6.29. The lowest BCUT2D eigenvalue weighted by Crippen LogP contribution is -2.17. The molecular formula is C13H17BrN4O. The van der Waals surface area contributed by atoms with Gasteiger partial charge in [-0.1, -0.05) is 18.2 Å². The Bertz CT molecular complexity index is 555. The van der Waals surface area contributed by atoms with Gasteiger partial charge in [0.15, 0.2) is 0 Å². The fourth-order valence-corrected chi connectivity index (χ4v) is 2.50. The highest BCUT2D eigenvalue weighted by Crippen LogP contribution is 2.29.